The maximum Gasteiger partial charge on any atom is 0.573 e. The minimum Gasteiger partial charge on any atom is -0.406 e. The van der Waals surface area contributed by atoms with Crippen molar-refractivity contribution in [2.75, 3.05) is 11.6 Å². The maximum atomic E-state index is 12.6. The van der Waals surface area contributed by atoms with Crippen LogP contribution in [0, 0.1) is 0 Å². The van der Waals surface area contributed by atoms with E-state index in [1.807, 2.05) is 0 Å². The molecular formula is C16H13F3N4O2S. The van der Waals surface area contributed by atoms with Gasteiger partial charge in [-0.1, -0.05) is 0 Å². The van der Waals surface area contributed by atoms with Crippen molar-refractivity contribution >= 4 is 34.4 Å². The van der Waals surface area contributed by atoms with Crippen molar-refractivity contribution in [2.24, 2.45) is 0 Å². The number of carbonyl (C=O) groups is 1. The summed E-state index contributed by atoms with van der Waals surface area (Å²) in [5.41, 5.74) is 1.53. The van der Waals surface area contributed by atoms with Crippen molar-refractivity contribution in [3.63, 3.8) is 0 Å². The number of alkyl halides is 3. The molecule has 0 atom stereocenters. The Balaban J connectivity index is 2.10. The fourth-order valence-corrected chi connectivity index (χ4v) is 2.82. The summed E-state index contributed by atoms with van der Waals surface area (Å²) in [5, 5.41) is 3.61. The Morgan fingerprint density at radius 1 is 1.31 bits per heavy atom. The van der Waals surface area contributed by atoms with E-state index < -0.39 is 6.36 Å². The summed E-state index contributed by atoms with van der Waals surface area (Å²) in [6.07, 6.45) is 0.0535. The van der Waals surface area contributed by atoms with Gasteiger partial charge in [0.2, 0.25) is 5.91 Å². The van der Waals surface area contributed by atoms with Crippen LogP contribution in [-0.2, 0) is 4.79 Å². The molecule has 3 aromatic heterocycles. The van der Waals surface area contributed by atoms with Gasteiger partial charge in [-0.3, -0.25) is 4.79 Å². The third-order valence-electron chi connectivity index (χ3n) is 3.36. The SMILES string of the molecule is CSc1cc(OC(F)(F)F)cc(-c2c[nH]c3cnc(NC(C)=O)cc23)n1. The Bertz CT molecular complexity index is 972. The Kier molecular flexibility index (Phi) is 4.77. The highest BCUT2D eigenvalue weighted by Gasteiger charge is 2.31. The van der Waals surface area contributed by atoms with Crippen LogP contribution in [-0.4, -0.2) is 33.5 Å². The van der Waals surface area contributed by atoms with Gasteiger partial charge in [0.15, 0.2) is 0 Å². The van der Waals surface area contributed by atoms with Crippen LogP contribution < -0.4 is 10.1 Å². The molecule has 3 aromatic rings. The minimum absolute atomic E-state index is 0.280. The van der Waals surface area contributed by atoms with Crippen LogP contribution in [0.4, 0.5) is 19.0 Å². The standard InChI is InChI=1S/C16H13F3N4O2S/c1-8(24)22-14-5-10-11(6-20-13(10)7-21-14)12-3-9(25-16(17,18)19)4-15(23-12)26-2/h3-7,20H,1-2H3,(H,21,22,24). The topological polar surface area (TPSA) is 79.9 Å². The minimum atomic E-state index is -4.79. The molecule has 2 N–H and O–H groups in total. The number of halogens is 3. The van der Waals surface area contributed by atoms with E-state index in [0.29, 0.717) is 33.0 Å². The number of H-pyrrole nitrogens is 1. The van der Waals surface area contributed by atoms with Crippen molar-refractivity contribution in [3.05, 3.63) is 30.6 Å². The van der Waals surface area contributed by atoms with Crippen LogP contribution in [0.15, 0.2) is 35.6 Å². The first-order valence-corrected chi connectivity index (χ1v) is 8.54. The highest BCUT2D eigenvalue weighted by Crippen LogP contribution is 2.34. The molecule has 0 bridgehead atoms. The van der Waals surface area contributed by atoms with E-state index in [1.54, 1.807) is 18.5 Å². The van der Waals surface area contributed by atoms with Crippen LogP contribution in [0.5, 0.6) is 5.75 Å². The van der Waals surface area contributed by atoms with Gasteiger partial charge in [0.25, 0.3) is 0 Å². The molecule has 6 nitrogen and oxygen atoms in total. The predicted octanol–water partition coefficient (Wildman–Crippen LogP) is 4.20. The molecule has 0 unspecified atom stereocenters. The number of thioether (sulfide) groups is 1. The number of carbonyl (C=O) groups excluding carboxylic acids is 1. The largest absolute Gasteiger partial charge is 0.573 e. The van der Waals surface area contributed by atoms with E-state index in [2.05, 4.69) is 25.0 Å². The second-order valence-electron chi connectivity index (χ2n) is 5.28. The Morgan fingerprint density at radius 3 is 2.73 bits per heavy atom. The maximum absolute atomic E-state index is 12.6. The first kappa shape index (κ1) is 18.1. The molecule has 0 aliphatic heterocycles. The van der Waals surface area contributed by atoms with Gasteiger partial charge in [-0.25, -0.2) is 9.97 Å². The highest BCUT2D eigenvalue weighted by atomic mass is 32.2. The third-order valence-corrected chi connectivity index (χ3v) is 3.99. The Labute approximate surface area is 150 Å². The number of nitrogens with one attached hydrogen (secondary N) is 2. The molecule has 0 spiro atoms. The quantitative estimate of drug-likeness (QED) is 0.661. The summed E-state index contributed by atoms with van der Waals surface area (Å²) in [7, 11) is 0. The number of fused-ring (bicyclic) bond motifs is 1. The van der Waals surface area contributed by atoms with Gasteiger partial charge in [0.05, 0.1) is 17.4 Å². The number of hydrogen-bond acceptors (Lipinski definition) is 5. The van der Waals surface area contributed by atoms with Gasteiger partial charge in [-0.15, -0.1) is 24.9 Å². The number of aromatic nitrogens is 3. The van der Waals surface area contributed by atoms with Crippen molar-refractivity contribution in [1.29, 1.82) is 0 Å². The van der Waals surface area contributed by atoms with Crippen LogP contribution in [0.3, 0.4) is 0 Å². The van der Waals surface area contributed by atoms with Crippen molar-refractivity contribution in [3.8, 4) is 17.0 Å². The fourth-order valence-electron chi connectivity index (χ4n) is 2.40. The first-order valence-electron chi connectivity index (χ1n) is 7.32. The summed E-state index contributed by atoms with van der Waals surface area (Å²) in [6.45, 7) is 1.36. The second-order valence-corrected chi connectivity index (χ2v) is 6.10. The van der Waals surface area contributed by atoms with Gasteiger partial charge >= 0.3 is 6.36 Å². The van der Waals surface area contributed by atoms with Crippen LogP contribution in [0.2, 0.25) is 0 Å². The molecular weight excluding hydrogens is 369 g/mol. The van der Waals surface area contributed by atoms with Gasteiger partial charge in [0, 0.05) is 36.2 Å². The fraction of sp³-hybridized carbons (Fsp3) is 0.188. The number of nitrogens with zero attached hydrogens (tertiary/aromatic N) is 2. The number of amides is 1. The zero-order chi connectivity index (χ0) is 18.9. The number of aromatic amines is 1. The van der Waals surface area contributed by atoms with E-state index in [-0.39, 0.29) is 11.7 Å². The van der Waals surface area contributed by atoms with Crippen molar-refractivity contribution < 1.29 is 22.7 Å². The number of rotatable bonds is 4. The summed E-state index contributed by atoms with van der Waals surface area (Å²) < 4.78 is 41.8. The van der Waals surface area contributed by atoms with E-state index in [0.717, 1.165) is 0 Å². The smallest absolute Gasteiger partial charge is 0.406 e. The summed E-state index contributed by atoms with van der Waals surface area (Å²) in [6, 6.07) is 4.06. The number of ether oxygens (including phenoxy) is 1. The second kappa shape index (κ2) is 6.87. The molecule has 0 saturated heterocycles. The molecule has 0 radical (unpaired) electrons. The normalized spacial score (nSPS) is 11.6. The molecule has 1 amide bonds. The number of pyridine rings is 2. The van der Waals surface area contributed by atoms with E-state index in [1.165, 1.54) is 37.0 Å². The molecule has 26 heavy (non-hydrogen) atoms. The molecule has 10 heteroatoms. The molecule has 3 rings (SSSR count). The average Bonchev–Trinajstić information content (AvgIpc) is 2.95. The molecule has 0 aromatic carbocycles. The van der Waals surface area contributed by atoms with Crippen molar-refractivity contribution in [2.45, 2.75) is 18.3 Å². The Morgan fingerprint density at radius 2 is 2.08 bits per heavy atom. The number of anilines is 1. The number of hydrogen-bond donors (Lipinski definition) is 2. The molecule has 136 valence electrons. The first-order chi connectivity index (χ1) is 12.2. The third kappa shape index (κ3) is 4.07. The van der Waals surface area contributed by atoms with Gasteiger partial charge in [-0.05, 0) is 12.3 Å². The monoisotopic (exact) mass is 382 g/mol. The average molecular weight is 382 g/mol. The van der Waals surface area contributed by atoms with E-state index in [9.17, 15) is 18.0 Å². The predicted molar refractivity (Wildman–Crippen MR) is 92.1 cm³/mol. The Hall–Kier alpha value is -2.75. The molecule has 0 aliphatic carbocycles. The zero-order valence-corrected chi connectivity index (χ0v) is 14.5. The lowest BCUT2D eigenvalue weighted by atomic mass is 10.1. The lowest BCUT2D eigenvalue weighted by molar-refractivity contribution is -0.274. The van der Waals surface area contributed by atoms with Crippen LogP contribution >= 0.6 is 11.8 Å². The lowest BCUT2D eigenvalue weighted by Gasteiger charge is -2.11. The van der Waals surface area contributed by atoms with Gasteiger partial charge in [-0.2, -0.15) is 0 Å². The molecule has 0 fully saturated rings. The van der Waals surface area contributed by atoms with Gasteiger partial charge in [0.1, 0.15) is 16.6 Å². The molecule has 3 heterocycles. The van der Waals surface area contributed by atoms with Crippen molar-refractivity contribution in [1.82, 2.24) is 15.0 Å². The molecule has 0 saturated carbocycles. The van der Waals surface area contributed by atoms with E-state index >= 15 is 0 Å². The summed E-state index contributed by atoms with van der Waals surface area (Å²) in [4.78, 5) is 22.6. The van der Waals surface area contributed by atoms with E-state index in [4.69, 9.17) is 0 Å². The molecule has 0 aliphatic rings. The van der Waals surface area contributed by atoms with Crippen LogP contribution in [0.25, 0.3) is 22.2 Å². The van der Waals surface area contributed by atoms with Gasteiger partial charge < -0.3 is 15.0 Å². The summed E-state index contributed by atoms with van der Waals surface area (Å²) >= 11 is 1.20. The zero-order valence-electron chi connectivity index (χ0n) is 13.6. The highest BCUT2D eigenvalue weighted by molar-refractivity contribution is 7.98. The summed E-state index contributed by atoms with van der Waals surface area (Å²) in [5.74, 6) is -0.298. The lowest BCUT2D eigenvalue weighted by Crippen LogP contribution is -2.17. The van der Waals surface area contributed by atoms with Crippen LogP contribution in [0.1, 0.15) is 6.92 Å².